The zero-order valence-corrected chi connectivity index (χ0v) is 23.6. The zero-order chi connectivity index (χ0) is 28.0. The molecular formula is C26H39N3O7S. The number of benzene rings is 1. The van der Waals surface area contributed by atoms with Gasteiger partial charge in [0, 0.05) is 25.2 Å². The molecule has 0 bridgehead atoms. The van der Waals surface area contributed by atoms with Gasteiger partial charge in [0.2, 0.25) is 0 Å². The Morgan fingerprint density at radius 2 is 1.49 bits per heavy atom. The van der Waals surface area contributed by atoms with Crippen molar-refractivity contribution < 1.29 is 32.4 Å². The molecule has 0 fully saturated rings. The molecule has 1 aromatic carbocycles. The minimum Gasteiger partial charge on any atom is -0.436 e. The summed E-state index contributed by atoms with van der Waals surface area (Å²) in [4.78, 5) is 46.5. The minimum atomic E-state index is -3.79. The predicted molar refractivity (Wildman–Crippen MR) is 139 cm³/mol. The fourth-order valence-electron chi connectivity index (χ4n) is 3.78. The Kier molecular flexibility index (Phi) is 9.90. The van der Waals surface area contributed by atoms with Gasteiger partial charge in [-0.05, 0) is 50.0 Å². The van der Waals surface area contributed by atoms with Crippen molar-refractivity contribution in [3.8, 4) is 0 Å². The van der Waals surface area contributed by atoms with Crippen molar-refractivity contribution in [1.29, 1.82) is 0 Å². The minimum absolute atomic E-state index is 0.0433. The number of hydrogen-bond acceptors (Lipinski definition) is 8. The molecule has 2 rings (SSSR count). The van der Waals surface area contributed by atoms with Crippen LogP contribution in [0.3, 0.4) is 0 Å². The number of sulfone groups is 1. The molecule has 0 radical (unpaired) electrons. The molecule has 0 saturated heterocycles. The molecule has 11 heteroatoms. The maximum Gasteiger partial charge on any atom is 0.356 e. The van der Waals surface area contributed by atoms with Gasteiger partial charge in [-0.2, -0.15) is 5.06 Å². The molecule has 0 N–H and O–H groups in total. The van der Waals surface area contributed by atoms with Crippen molar-refractivity contribution in [2.75, 3.05) is 38.5 Å². The maximum atomic E-state index is 13.6. The normalized spacial score (nSPS) is 18.0. The first-order chi connectivity index (χ1) is 17.1. The van der Waals surface area contributed by atoms with Crippen molar-refractivity contribution in [2.45, 2.75) is 64.5 Å². The zero-order valence-electron chi connectivity index (χ0n) is 22.8. The standard InChI is InChI=1S/C26H39N3O7S/c1-8-27(9-2)16-17-29-24(32)28(26(6,7)35-22(30)14-15-23(31)36-29)18-19-37(33,34)21-12-10-20(11-13-21)25(3,4)5/h10-15H,8-9,16-19H2,1-7H3/b15-14-. The first-order valence-electron chi connectivity index (χ1n) is 12.4. The van der Waals surface area contributed by atoms with Gasteiger partial charge < -0.3 is 14.5 Å². The van der Waals surface area contributed by atoms with E-state index in [1.54, 1.807) is 24.3 Å². The molecule has 37 heavy (non-hydrogen) atoms. The molecule has 206 valence electrons. The highest BCUT2D eigenvalue weighted by Gasteiger charge is 2.39. The van der Waals surface area contributed by atoms with Gasteiger partial charge in [0.05, 0.1) is 17.2 Å². The largest absolute Gasteiger partial charge is 0.436 e. The van der Waals surface area contributed by atoms with Crippen LogP contribution < -0.4 is 0 Å². The van der Waals surface area contributed by atoms with Gasteiger partial charge in [-0.15, -0.1) is 0 Å². The average Bonchev–Trinajstić information content (AvgIpc) is 2.81. The first kappa shape index (κ1) is 30.3. The highest BCUT2D eigenvalue weighted by atomic mass is 32.2. The van der Waals surface area contributed by atoms with E-state index in [4.69, 9.17) is 9.57 Å². The number of carbonyl (C=O) groups excluding carboxylic acids is 3. The highest BCUT2D eigenvalue weighted by molar-refractivity contribution is 7.91. The lowest BCUT2D eigenvalue weighted by atomic mass is 9.87. The number of amides is 2. The van der Waals surface area contributed by atoms with Crippen LogP contribution in [0, 0.1) is 0 Å². The summed E-state index contributed by atoms with van der Waals surface area (Å²) in [5.41, 5.74) is -0.670. The van der Waals surface area contributed by atoms with E-state index in [-0.39, 0.29) is 23.4 Å². The van der Waals surface area contributed by atoms with Crippen LogP contribution in [0.5, 0.6) is 0 Å². The van der Waals surface area contributed by atoms with Gasteiger partial charge >= 0.3 is 18.0 Å². The second-order valence-corrected chi connectivity index (χ2v) is 12.4. The number of hydrogen-bond donors (Lipinski definition) is 0. The first-order valence-corrected chi connectivity index (χ1v) is 14.0. The Bertz CT molecular complexity index is 1100. The van der Waals surface area contributed by atoms with Crippen molar-refractivity contribution in [1.82, 2.24) is 14.9 Å². The lowest BCUT2D eigenvalue weighted by molar-refractivity contribution is -0.186. The van der Waals surface area contributed by atoms with E-state index in [2.05, 4.69) is 0 Å². The summed E-state index contributed by atoms with van der Waals surface area (Å²) in [5.74, 6) is -2.21. The molecular weight excluding hydrogens is 498 g/mol. The summed E-state index contributed by atoms with van der Waals surface area (Å²) >= 11 is 0. The topological polar surface area (TPSA) is 114 Å². The smallest absolute Gasteiger partial charge is 0.356 e. The van der Waals surface area contributed by atoms with Crippen molar-refractivity contribution in [2.24, 2.45) is 0 Å². The molecule has 0 unspecified atom stereocenters. The summed E-state index contributed by atoms with van der Waals surface area (Å²) < 4.78 is 31.7. The van der Waals surface area contributed by atoms with Crippen LogP contribution in [0.15, 0.2) is 41.3 Å². The Morgan fingerprint density at radius 3 is 2.03 bits per heavy atom. The van der Waals surface area contributed by atoms with Gasteiger partial charge in [-0.1, -0.05) is 46.8 Å². The number of esters is 1. The summed E-state index contributed by atoms with van der Waals surface area (Å²) in [6.45, 7) is 14.6. The van der Waals surface area contributed by atoms with E-state index in [1.807, 2.05) is 39.5 Å². The lowest BCUT2D eigenvalue weighted by Gasteiger charge is -2.40. The average molecular weight is 538 g/mol. The fourth-order valence-corrected chi connectivity index (χ4v) is 4.99. The third-order valence-corrected chi connectivity index (χ3v) is 7.89. The van der Waals surface area contributed by atoms with Crippen LogP contribution in [0.2, 0.25) is 0 Å². The molecule has 0 aliphatic carbocycles. The van der Waals surface area contributed by atoms with E-state index in [0.717, 1.165) is 40.8 Å². The summed E-state index contributed by atoms with van der Waals surface area (Å²) in [6, 6.07) is 5.86. The molecule has 1 aliphatic heterocycles. The van der Waals surface area contributed by atoms with Crippen LogP contribution in [0.4, 0.5) is 4.79 Å². The second-order valence-electron chi connectivity index (χ2n) is 10.3. The van der Waals surface area contributed by atoms with E-state index < -0.39 is 39.3 Å². The van der Waals surface area contributed by atoms with Gasteiger partial charge in [-0.3, -0.25) is 4.90 Å². The van der Waals surface area contributed by atoms with Crippen LogP contribution in [0.25, 0.3) is 0 Å². The van der Waals surface area contributed by atoms with Gasteiger partial charge in [0.25, 0.3) is 0 Å². The number of carbonyl (C=O) groups is 3. The Hall–Kier alpha value is -2.92. The van der Waals surface area contributed by atoms with E-state index >= 15 is 0 Å². The van der Waals surface area contributed by atoms with E-state index in [1.165, 1.54) is 13.8 Å². The van der Waals surface area contributed by atoms with Crippen LogP contribution >= 0.6 is 0 Å². The summed E-state index contributed by atoms with van der Waals surface area (Å²) in [6.07, 6.45) is 1.80. The summed E-state index contributed by atoms with van der Waals surface area (Å²) in [7, 11) is -3.79. The third kappa shape index (κ3) is 8.29. The molecule has 10 nitrogen and oxygen atoms in total. The van der Waals surface area contributed by atoms with Gasteiger partial charge in [0.1, 0.15) is 0 Å². The lowest BCUT2D eigenvalue weighted by Crippen LogP contribution is -2.57. The van der Waals surface area contributed by atoms with Crippen LogP contribution in [0.1, 0.15) is 54.0 Å². The fraction of sp³-hybridized carbons (Fsp3) is 0.577. The van der Waals surface area contributed by atoms with Crippen molar-refractivity contribution >= 4 is 27.8 Å². The molecule has 0 atom stereocenters. The molecule has 0 aromatic heterocycles. The molecule has 1 heterocycles. The van der Waals surface area contributed by atoms with E-state index in [9.17, 15) is 22.8 Å². The maximum absolute atomic E-state index is 13.6. The number of likely N-dealkylation sites (N-methyl/N-ethyl adjacent to an activating group) is 1. The number of cyclic esters (lactones) is 1. The third-order valence-electron chi connectivity index (χ3n) is 6.18. The summed E-state index contributed by atoms with van der Waals surface area (Å²) in [5, 5.41) is 0.886. The second kappa shape index (κ2) is 12.1. The number of ether oxygens (including phenoxy) is 1. The molecule has 1 aromatic rings. The van der Waals surface area contributed by atoms with Gasteiger partial charge in [0.15, 0.2) is 15.6 Å². The number of nitrogens with zero attached hydrogens (tertiary/aromatic N) is 3. The quantitative estimate of drug-likeness (QED) is 0.442. The molecule has 1 aliphatic rings. The number of hydroxylamine groups is 2. The van der Waals surface area contributed by atoms with E-state index in [0.29, 0.717) is 6.54 Å². The predicted octanol–water partition coefficient (Wildman–Crippen LogP) is 3.13. The van der Waals surface area contributed by atoms with Crippen molar-refractivity contribution in [3.05, 3.63) is 42.0 Å². The highest BCUT2D eigenvalue weighted by Crippen LogP contribution is 2.25. The number of urea groups is 1. The monoisotopic (exact) mass is 537 g/mol. The number of rotatable bonds is 9. The Morgan fingerprint density at radius 1 is 0.919 bits per heavy atom. The van der Waals surface area contributed by atoms with Crippen LogP contribution in [-0.2, 0) is 34.4 Å². The van der Waals surface area contributed by atoms with Gasteiger partial charge in [-0.25, -0.2) is 22.8 Å². The van der Waals surface area contributed by atoms with Crippen molar-refractivity contribution in [3.63, 3.8) is 0 Å². The Labute approximate surface area is 220 Å². The molecule has 0 spiro atoms. The molecule has 0 saturated carbocycles. The SMILES string of the molecule is CCN(CC)CCN1OC(=O)/C=C\C(=O)OC(C)(C)N(CCS(=O)(=O)c2ccc(C(C)(C)C)cc2)C1=O. The van der Waals surface area contributed by atoms with Crippen LogP contribution in [-0.4, -0.2) is 85.5 Å². The Balaban J connectivity index is 2.35. The molecule has 2 amide bonds.